The summed E-state index contributed by atoms with van der Waals surface area (Å²) >= 11 is 0. The molecule has 0 aromatic heterocycles. The van der Waals surface area contributed by atoms with E-state index in [1.54, 1.807) is 9.80 Å². The lowest BCUT2D eigenvalue weighted by Gasteiger charge is -2.34. The zero-order chi connectivity index (χ0) is 18.3. The average Bonchev–Trinajstić information content (AvgIpc) is 3.08. The molecule has 2 aromatic rings. The van der Waals surface area contributed by atoms with Crippen LogP contribution in [-0.2, 0) is 16.0 Å². The van der Waals surface area contributed by atoms with Crippen LogP contribution in [0, 0.1) is 6.92 Å². The fraction of sp³-hybridized carbons (Fsp3) is 0.333. The average molecular weight is 350 g/mol. The largest absolute Gasteiger partial charge is 0.478 e. The molecule has 0 aliphatic carbocycles. The lowest BCUT2D eigenvalue weighted by atomic mass is 10.1. The van der Waals surface area contributed by atoms with Gasteiger partial charge in [-0.3, -0.25) is 14.5 Å². The highest BCUT2D eigenvalue weighted by Crippen LogP contribution is 2.36. The van der Waals surface area contributed by atoms with E-state index in [0.29, 0.717) is 24.4 Å². The fourth-order valence-corrected chi connectivity index (χ4v) is 3.67. The van der Waals surface area contributed by atoms with Crippen LogP contribution < -0.4 is 14.5 Å². The molecule has 2 aromatic carbocycles. The molecule has 2 amide bonds. The van der Waals surface area contributed by atoms with Gasteiger partial charge in [0.1, 0.15) is 12.3 Å². The van der Waals surface area contributed by atoms with E-state index >= 15 is 0 Å². The lowest BCUT2D eigenvalue weighted by Crippen LogP contribution is -2.50. The predicted molar refractivity (Wildman–Crippen MR) is 101 cm³/mol. The second-order valence-corrected chi connectivity index (χ2v) is 6.83. The Morgan fingerprint density at radius 2 is 2.00 bits per heavy atom. The van der Waals surface area contributed by atoms with Crippen LogP contribution in [0.25, 0.3) is 0 Å². The molecule has 0 unspecified atom stereocenters. The minimum absolute atomic E-state index is 0.0312. The molecule has 4 rings (SSSR count). The Morgan fingerprint density at radius 3 is 2.81 bits per heavy atom. The highest BCUT2D eigenvalue weighted by atomic mass is 16.5. The van der Waals surface area contributed by atoms with Crippen molar-refractivity contribution in [1.29, 1.82) is 0 Å². The molecule has 0 saturated carbocycles. The molecule has 0 bridgehead atoms. The van der Waals surface area contributed by atoms with Crippen molar-refractivity contribution < 1.29 is 14.3 Å². The Kier molecular flexibility index (Phi) is 4.15. The summed E-state index contributed by atoms with van der Waals surface area (Å²) in [5.41, 5.74) is 3.84. The van der Waals surface area contributed by atoms with Crippen molar-refractivity contribution in [3.8, 4) is 5.75 Å². The molecule has 2 aliphatic heterocycles. The van der Waals surface area contributed by atoms with Crippen molar-refractivity contribution in [2.75, 3.05) is 22.9 Å². The standard InChI is InChI=1S/C21H22N2O3/c1-3-18-21(25)23(17-12-14(2)8-9-19(17)26-18)13-20(24)22-11-10-15-6-4-5-7-16(15)22/h4-9,12,18H,3,10-11,13H2,1-2H3/t18-/m0/s1. The van der Waals surface area contributed by atoms with Crippen LogP contribution in [0.1, 0.15) is 24.5 Å². The molecule has 2 aliphatic rings. The third kappa shape index (κ3) is 2.73. The van der Waals surface area contributed by atoms with Gasteiger partial charge in [0.15, 0.2) is 6.10 Å². The Hall–Kier alpha value is -2.82. The summed E-state index contributed by atoms with van der Waals surface area (Å²) in [6, 6.07) is 13.7. The third-order valence-electron chi connectivity index (χ3n) is 5.07. The molecule has 26 heavy (non-hydrogen) atoms. The van der Waals surface area contributed by atoms with Crippen LogP contribution in [0.3, 0.4) is 0 Å². The molecular formula is C21H22N2O3. The summed E-state index contributed by atoms with van der Waals surface area (Å²) in [6.45, 7) is 4.57. The summed E-state index contributed by atoms with van der Waals surface area (Å²) in [7, 11) is 0. The van der Waals surface area contributed by atoms with Gasteiger partial charge >= 0.3 is 0 Å². The van der Waals surface area contributed by atoms with Gasteiger partial charge in [0.25, 0.3) is 5.91 Å². The van der Waals surface area contributed by atoms with Gasteiger partial charge in [-0.1, -0.05) is 31.2 Å². The number of para-hydroxylation sites is 1. The number of ether oxygens (including phenoxy) is 1. The first-order valence-corrected chi connectivity index (χ1v) is 9.05. The van der Waals surface area contributed by atoms with Crippen molar-refractivity contribution in [1.82, 2.24) is 0 Å². The fourth-order valence-electron chi connectivity index (χ4n) is 3.67. The molecule has 5 heteroatoms. The predicted octanol–water partition coefficient (Wildman–Crippen LogP) is 3.09. The van der Waals surface area contributed by atoms with Crippen molar-refractivity contribution in [2.45, 2.75) is 32.8 Å². The Bertz CT molecular complexity index is 877. The van der Waals surface area contributed by atoms with E-state index in [0.717, 1.165) is 17.7 Å². The molecule has 2 heterocycles. The molecular weight excluding hydrogens is 328 g/mol. The minimum atomic E-state index is -0.538. The molecule has 5 nitrogen and oxygen atoms in total. The number of hydrogen-bond acceptors (Lipinski definition) is 3. The number of aryl methyl sites for hydroxylation is 1. The molecule has 0 radical (unpaired) electrons. The molecule has 0 fully saturated rings. The molecule has 0 N–H and O–H groups in total. The van der Waals surface area contributed by atoms with E-state index in [-0.39, 0.29) is 18.4 Å². The topological polar surface area (TPSA) is 49.9 Å². The zero-order valence-electron chi connectivity index (χ0n) is 15.1. The molecule has 1 atom stereocenters. The van der Waals surface area contributed by atoms with Crippen molar-refractivity contribution in [3.63, 3.8) is 0 Å². The number of anilines is 2. The van der Waals surface area contributed by atoms with Crippen molar-refractivity contribution >= 4 is 23.2 Å². The SMILES string of the molecule is CC[C@@H]1Oc2ccc(C)cc2N(CC(=O)N2CCc3ccccc32)C1=O. The summed E-state index contributed by atoms with van der Waals surface area (Å²) < 4.78 is 5.83. The highest BCUT2D eigenvalue weighted by Gasteiger charge is 2.36. The van der Waals surface area contributed by atoms with Crippen LogP contribution in [0.4, 0.5) is 11.4 Å². The smallest absolute Gasteiger partial charge is 0.268 e. The highest BCUT2D eigenvalue weighted by molar-refractivity contribution is 6.07. The first kappa shape index (κ1) is 16.6. The first-order valence-electron chi connectivity index (χ1n) is 9.05. The Labute approximate surface area is 153 Å². The van der Waals surface area contributed by atoms with Crippen LogP contribution in [0.15, 0.2) is 42.5 Å². The van der Waals surface area contributed by atoms with Gasteiger partial charge in [-0.2, -0.15) is 0 Å². The van der Waals surface area contributed by atoms with E-state index in [1.165, 1.54) is 5.56 Å². The van der Waals surface area contributed by atoms with Gasteiger partial charge in [0, 0.05) is 12.2 Å². The number of carbonyl (C=O) groups is 2. The van der Waals surface area contributed by atoms with Gasteiger partial charge < -0.3 is 9.64 Å². The number of nitrogens with zero attached hydrogens (tertiary/aromatic N) is 2. The van der Waals surface area contributed by atoms with E-state index in [1.807, 2.05) is 56.3 Å². The monoisotopic (exact) mass is 350 g/mol. The lowest BCUT2D eigenvalue weighted by molar-refractivity contribution is -0.128. The van der Waals surface area contributed by atoms with E-state index in [2.05, 4.69) is 0 Å². The van der Waals surface area contributed by atoms with E-state index in [9.17, 15) is 9.59 Å². The third-order valence-corrected chi connectivity index (χ3v) is 5.07. The number of rotatable bonds is 3. The second kappa shape index (κ2) is 6.48. The number of benzene rings is 2. The number of fused-ring (bicyclic) bond motifs is 2. The quantitative estimate of drug-likeness (QED) is 0.855. The summed E-state index contributed by atoms with van der Waals surface area (Å²) in [5, 5.41) is 0. The molecule has 134 valence electrons. The summed E-state index contributed by atoms with van der Waals surface area (Å²) in [4.78, 5) is 29.2. The van der Waals surface area contributed by atoms with Crippen molar-refractivity contribution in [3.05, 3.63) is 53.6 Å². The maximum atomic E-state index is 13.0. The van der Waals surface area contributed by atoms with E-state index < -0.39 is 6.10 Å². The Balaban J connectivity index is 1.64. The van der Waals surface area contributed by atoms with Gasteiger partial charge in [-0.25, -0.2) is 0 Å². The zero-order valence-corrected chi connectivity index (χ0v) is 15.1. The van der Waals surface area contributed by atoms with Gasteiger partial charge in [-0.15, -0.1) is 0 Å². The van der Waals surface area contributed by atoms with Gasteiger partial charge in [-0.05, 0) is 49.1 Å². The molecule has 0 spiro atoms. The van der Waals surface area contributed by atoms with Crippen molar-refractivity contribution in [2.24, 2.45) is 0 Å². The normalized spacial score (nSPS) is 18.4. The first-order chi connectivity index (χ1) is 12.6. The summed E-state index contributed by atoms with van der Waals surface area (Å²) in [6.07, 6.45) is 0.888. The second-order valence-electron chi connectivity index (χ2n) is 6.83. The number of carbonyl (C=O) groups excluding carboxylic acids is 2. The Morgan fingerprint density at radius 1 is 1.19 bits per heavy atom. The molecule has 0 saturated heterocycles. The minimum Gasteiger partial charge on any atom is -0.478 e. The van der Waals surface area contributed by atoms with Gasteiger partial charge in [0.2, 0.25) is 5.91 Å². The number of amides is 2. The van der Waals surface area contributed by atoms with Crippen LogP contribution in [0.5, 0.6) is 5.75 Å². The van der Waals surface area contributed by atoms with Crippen LogP contribution >= 0.6 is 0 Å². The number of hydrogen-bond donors (Lipinski definition) is 0. The van der Waals surface area contributed by atoms with Gasteiger partial charge in [0.05, 0.1) is 5.69 Å². The van der Waals surface area contributed by atoms with Crippen LogP contribution in [0.2, 0.25) is 0 Å². The maximum Gasteiger partial charge on any atom is 0.268 e. The maximum absolute atomic E-state index is 13.0. The summed E-state index contributed by atoms with van der Waals surface area (Å²) in [5.74, 6) is 0.454. The van der Waals surface area contributed by atoms with E-state index in [4.69, 9.17) is 4.74 Å². The van der Waals surface area contributed by atoms with Crippen LogP contribution in [-0.4, -0.2) is 31.0 Å².